The Morgan fingerprint density at radius 3 is 2.20 bits per heavy atom. The molecule has 3 aromatic rings. The Morgan fingerprint density at radius 1 is 1.07 bits per heavy atom. The van der Waals surface area contributed by atoms with Gasteiger partial charge in [0.1, 0.15) is 24.1 Å². The van der Waals surface area contributed by atoms with Gasteiger partial charge in [-0.05, 0) is 59.0 Å². The van der Waals surface area contributed by atoms with Crippen LogP contribution < -0.4 is 0 Å². The van der Waals surface area contributed by atoms with E-state index in [1.54, 1.807) is 48.5 Å². The van der Waals surface area contributed by atoms with Gasteiger partial charge in [-0.1, -0.05) is 84.0 Å². The van der Waals surface area contributed by atoms with E-state index in [0.717, 1.165) is 0 Å². The third kappa shape index (κ3) is 6.90. The van der Waals surface area contributed by atoms with E-state index in [0.29, 0.717) is 33.2 Å². The van der Waals surface area contributed by atoms with Crippen LogP contribution in [0.25, 0.3) is 0 Å². The molecule has 0 saturated carbocycles. The van der Waals surface area contributed by atoms with Crippen LogP contribution in [-0.2, 0) is 37.6 Å². The molecular weight excluding hydrogens is 580 g/mol. The predicted molar refractivity (Wildman–Crippen MR) is 149 cm³/mol. The second-order valence-electron chi connectivity index (χ2n) is 9.56. The summed E-state index contributed by atoms with van der Waals surface area (Å²) in [5.74, 6) is -2.89. The van der Waals surface area contributed by atoms with Gasteiger partial charge in [0, 0.05) is 22.2 Å². The first-order valence-corrected chi connectivity index (χ1v) is 14.6. The number of carbonyl (C=O) groups is 2. The van der Waals surface area contributed by atoms with E-state index in [2.05, 4.69) is 0 Å². The lowest BCUT2D eigenvalue weighted by atomic mass is 9.88. The standard InChI is InChI=1S/C29H28Cl2FNO6S/c1-2-3-24(29(35)36)33-26(18-6-10-21(30)11-7-18)27(19-8-12-22(31)13-9-19)39-25(28(33)34)15-17-4-5-20(16-40(37)38)23(32)14-17/h4-14,24-27H,2-3,15-16H2,1H3,(H,35,36)(H,37,38)/p-1/t24-,25+,26-,27+/m1/s1. The Balaban J connectivity index is 1.81. The van der Waals surface area contributed by atoms with Crippen molar-refractivity contribution in [3.05, 3.63) is 105 Å². The number of rotatable bonds is 10. The van der Waals surface area contributed by atoms with Crippen molar-refractivity contribution in [3.8, 4) is 0 Å². The zero-order chi connectivity index (χ0) is 29.0. The van der Waals surface area contributed by atoms with Gasteiger partial charge in [-0.25, -0.2) is 9.18 Å². The summed E-state index contributed by atoms with van der Waals surface area (Å²) in [6, 6.07) is 15.8. The molecule has 0 aromatic heterocycles. The van der Waals surface area contributed by atoms with Crippen molar-refractivity contribution in [2.45, 2.75) is 56.2 Å². The van der Waals surface area contributed by atoms with Gasteiger partial charge in [-0.15, -0.1) is 0 Å². The van der Waals surface area contributed by atoms with Crippen LogP contribution in [0.15, 0.2) is 66.7 Å². The number of ether oxygens (including phenoxy) is 1. The molecule has 1 aliphatic heterocycles. The fourth-order valence-corrected chi connectivity index (χ4v) is 5.72. The first-order chi connectivity index (χ1) is 19.1. The minimum Gasteiger partial charge on any atom is -0.772 e. The molecule has 0 aliphatic carbocycles. The van der Waals surface area contributed by atoms with Crippen LogP contribution in [0.3, 0.4) is 0 Å². The maximum atomic E-state index is 14.7. The van der Waals surface area contributed by atoms with Crippen molar-refractivity contribution in [1.82, 2.24) is 4.90 Å². The molecular formula is C29H27Cl2FNO6S-. The quantitative estimate of drug-likeness (QED) is 0.283. The van der Waals surface area contributed by atoms with Gasteiger partial charge in [-0.3, -0.25) is 9.00 Å². The fourth-order valence-electron chi connectivity index (χ4n) is 4.98. The van der Waals surface area contributed by atoms with Gasteiger partial charge >= 0.3 is 5.97 Å². The Hall–Kier alpha value is -2.82. The highest BCUT2D eigenvalue weighted by molar-refractivity contribution is 7.78. The lowest BCUT2D eigenvalue weighted by molar-refractivity contribution is -0.184. The van der Waals surface area contributed by atoms with E-state index in [4.69, 9.17) is 27.9 Å². The zero-order valence-electron chi connectivity index (χ0n) is 21.5. The van der Waals surface area contributed by atoms with E-state index >= 15 is 0 Å². The molecule has 212 valence electrons. The first kappa shape index (κ1) is 30.1. The lowest BCUT2D eigenvalue weighted by Crippen LogP contribution is -2.57. The summed E-state index contributed by atoms with van der Waals surface area (Å²) in [5, 5.41) is 11.2. The molecule has 11 heteroatoms. The van der Waals surface area contributed by atoms with Gasteiger partial charge < -0.3 is 19.3 Å². The smallest absolute Gasteiger partial charge is 0.326 e. The van der Waals surface area contributed by atoms with Crippen molar-refractivity contribution in [1.29, 1.82) is 0 Å². The Morgan fingerprint density at radius 2 is 1.68 bits per heavy atom. The summed E-state index contributed by atoms with van der Waals surface area (Å²) >= 11 is 9.80. The maximum Gasteiger partial charge on any atom is 0.326 e. The van der Waals surface area contributed by atoms with Gasteiger partial charge in [0.2, 0.25) is 0 Å². The van der Waals surface area contributed by atoms with Gasteiger partial charge in [0.15, 0.2) is 0 Å². The summed E-state index contributed by atoms with van der Waals surface area (Å²) in [5.41, 5.74) is 1.72. The third-order valence-corrected chi connectivity index (χ3v) is 7.88. The molecule has 4 rings (SSSR count). The van der Waals surface area contributed by atoms with Crippen LogP contribution in [0, 0.1) is 5.82 Å². The van der Waals surface area contributed by atoms with Crippen molar-refractivity contribution in [3.63, 3.8) is 0 Å². The molecule has 40 heavy (non-hydrogen) atoms. The molecule has 7 nitrogen and oxygen atoms in total. The number of hydrogen-bond acceptors (Lipinski definition) is 5. The van der Waals surface area contributed by atoms with Crippen LogP contribution in [-0.4, -0.2) is 42.8 Å². The molecule has 1 unspecified atom stereocenters. The van der Waals surface area contributed by atoms with Gasteiger partial charge in [-0.2, -0.15) is 0 Å². The van der Waals surface area contributed by atoms with E-state index in [9.17, 15) is 27.8 Å². The van der Waals surface area contributed by atoms with Crippen LogP contribution >= 0.6 is 23.2 Å². The molecule has 5 atom stereocenters. The number of amides is 1. The summed E-state index contributed by atoms with van der Waals surface area (Å²) < 4.78 is 43.1. The lowest BCUT2D eigenvalue weighted by Gasteiger charge is -2.47. The molecule has 3 aromatic carbocycles. The van der Waals surface area contributed by atoms with Crippen LogP contribution in [0.1, 0.15) is 54.2 Å². The number of benzene rings is 3. The minimum atomic E-state index is -2.46. The number of nitrogens with zero attached hydrogens (tertiary/aromatic N) is 1. The first-order valence-electron chi connectivity index (χ1n) is 12.6. The third-order valence-electron chi connectivity index (χ3n) is 6.83. The van der Waals surface area contributed by atoms with Crippen LogP contribution in [0.5, 0.6) is 0 Å². The van der Waals surface area contributed by atoms with E-state index in [-0.39, 0.29) is 18.4 Å². The average Bonchev–Trinajstić information content (AvgIpc) is 2.91. The van der Waals surface area contributed by atoms with E-state index in [1.165, 1.54) is 23.1 Å². The van der Waals surface area contributed by atoms with Crippen molar-refractivity contribution in [2.24, 2.45) is 0 Å². The number of hydrogen-bond donors (Lipinski definition) is 1. The van der Waals surface area contributed by atoms with Crippen LogP contribution in [0.2, 0.25) is 10.0 Å². The largest absolute Gasteiger partial charge is 0.772 e. The highest BCUT2D eigenvalue weighted by Gasteiger charge is 2.48. The zero-order valence-corrected chi connectivity index (χ0v) is 23.8. The predicted octanol–water partition coefficient (Wildman–Crippen LogP) is 6.02. The summed E-state index contributed by atoms with van der Waals surface area (Å²) in [6.07, 6.45) is -1.25. The molecule has 0 bridgehead atoms. The van der Waals surface area contributed by atoms with Crippen molar-refractivity contribution >= 4 is 46.2 Å². The van der Waals surface area contributed by atoms with Crippen molar-refractivity contribution in [2.75, 3.05) is 0 Å². The number of aliphatic carboxylic acids is 1. The maximum absolute atomic E-state index is 14.7. The molecule has 0 radical (unpaired) electrons. The number of halogens is 3. The fraction of sp³-hybridized carbons (Fsp3) is 0.310. The van der Waals surface area contributed by atoms with Gasteiger partial charge in [0.05, 0.1) is 6.04 Å². The molecule has 1 N–H and O–H groups in total. The SMILES string of the molecule is CCC[C@H](C(=O)O)N1C(=O)[C@H](Cc2ccc(CS(=O)[O-])c(F)c2)O[C@@H](c2ccc(Cl)cc2)[C@H]1c1ccc(Cl)cc1. The summed E-state index contributed by atoms with van der Waals surface area (Å²) in [7, 11) is 0. The molecule has 1 heterocycles. The van der Waals surface area contributed by atoms with Gasteiger partial charge in [0.25, 0.3) is 5.91 Å². The Bertz CT molecular complexity index is 1390. The summed E-state index contributed by atoms with van der Waals surface area (Å²) in [4.78, 5) is 27.9. The molecule has 1 fully saturated rings. The van der Waals surface area contributed by atoms with Crippen LogP contribution in [0.4, 0.5) is 4.39 Å². The number of morpholine rings is 1. The minimum absolute atomic E-state index is 0.00493. The van der Waals surface area contributed by atoms with E-state index < -0.39 is 58.8 Å². The monoisotopic (exact) mass is 606 g/mol. The number of carboxylic acid groups (broad SMARTS) is 1. The second-order valence-corrected chi connectivity index (χ2v) is 11.3. The van der Waals surface area contributed by atoms with Crippen molar-refractivity contribution < 1.29 is 32.6 Å². The number of carboxylic acids is 1. The molecule has 1 aliphatic rings. The molecule has 1 saturated heterocycles. The highest BCUT2D eigenvalue weighted by atomic mass is 35.5. The normalized spacial score (nSPS) is 20.8. The highest BCUT2D eigenvalue weighted by Crippen LogP contribution is 2.44. The summed E-state index contributed by atoms with van der Waals surface area (Å²) in [6.45, 7) is 1.84. The Labute approximate surface area is 244 Å². The second kappa shape index (κ2) is 13.2. The molecule has 0 spiro atoms. The Kier molecular flexibility index (Phi) is 9.97. The number of carbonyl (C=O) groups excluding carboxylic acids is 1. The van der Waals surface area contributed by atoms with E-state index in [1.807, 2.05) is 6.92 Å². The molecule has 1 amide bonds. The topological polar surface area (TPSA) is 107 Å². The average molecular weight is 608 g/mol.